The summed E-state index contributed by atoms with van der Waals surface area (Å²) in [6, 6.07) is 0. The Morgan fingerprint density at radius 2 is 1.00 bits per heavy atom. The number of rotatable bonds is 19. The second-order valence-electron chi connectivity index (χ2n) is 25.8. The van der Waals surface area contributed by atoms with Crippen LogP contribution >= 0.6 is 0 Å². The van der Waals surface area contributed by atoms with Crippen molar-refractivity contribution >= 4 is 71.9 Å². The smallest absolute Gasteiger partial charge is 0.345 e. The molecule has 6 unspecified atom stereocenters. The lowest BCUT2D eigenvalue weighted by atomic mass is 9.87. The van der Waals surface area contributed by atoms with Crippen molar-refractivity contribution < 1.29 is 196 Å². The molecule has 115 heavy (non-hydrogen) atoms. The number of hydrogen-bond acceptors (Lipinski definition) is 43. The van der Waals surface area contributed by atoms with Gasteiger partial charge < -0.3 is 133 Å². The van der Waals surface area contributed by atoms with Crippen LogP contribution in [0.15, 0.2) is 11.6 Å². The fourth-order valence-electron chi connectivity index (χ4n) is 11.7. The molecule has 45 nitrogen and oxygen atoms in total. The van der Waals surface area contributed by atoms with Gasteiger partial charge in [0, 0.05) is 37.1 Å². The van der Waals surface area contributed by atoms with Gasteiger partial charge in [0.15, 0.2) is 73.6 Å². The summed E-state index contributed by atoms with van der Waals surface area (Å²) in [5, 5.41) is 38.6. The minimum atomic E-state index is -1.44. The van der Waals surface area contributed by atoms with Crippen molar-refractivity contribution in [2.45, 2.75) is 168 Å². The lowest BCUT2D eigenvalue weighted by molar-refractivity contribution is -0.491. The van der Waals surface area contributed by atoms with E-state index in [1.54, 1.807) is 48.7 Å². The van der Waals surface area contributed by atoms with Crippen molar-refractivity contribution in [1.29, 1.82) is 0 Å². The van der Waals surface area contributed by atoms with Crippen molar-refractivity contribution in [3.8, 4) is 0 Å². The number of esters is 11. The predicted octanol–water partition coefficient (Wildman–Crippen LogP) is 0.173. The van der Waals surface area contributed by atoms with Crippen LogP contribution in [0.1, 0.15) is 83.1 Å². The first-order valence-electron chi connectivity index (χ1n) is 34.1. The van der Waals surface area contributed by atoms with Crippen molar-refractivity contribution in [2.75, 3.05) is 152 Å². The molecule has 0 aliphatic carbocycles. The first-order valence-corrected chi connectivity index (χ1v) is 34.1. The highest BCUT2D eigenvalue weighted by molar-refractivity contribution is 6.14. The summed E-state index contributed by atoms with van der Waals surface area (Å²) in [6.07, 6.45) is -1.92. The van der Waals surface area contributed by atoms with Gasteiger partial charge in [0.2, 0.25) is 6.54 Å². The molecule has 10 rings (SSSR count). The standard InChI is InChI=1S/C12H19NO8.C11H16O6.C10H16O7.C9H12O6.C7H10O4.2C6H10O3.C5H8O4.CH3NO2.3CH4/c1-12(2)20-6-8(21-12)7(5-13(16)17)9(10(14)18-3)11(15)19-4;1-11(2)16-6-7(17-11)5-8(9(12)14-3)10(13)15-4;1-14-8(12)7(9(13)15-2)6-5(11)4-17-10(6)16-3;1-12-7(10)6-5-4(15-8(6)11)3-14-9(5)13-2;1-9-7-4-2-6(8)11-5(4)3-10-7;7-5-3-9-6-4(5)1-2-8-6;1-6(2)8-4-5(3-7)9-6;1-8-4(6)3-5(7)9-2;1-2(3)4;;;/h7-9H,5-6H2,1-4H3;5,7H,6H2,1-4H3;5-7,10-11H,4H2,1-3H3;4-6,9H,3H2,1-2H3;4-5,7H,2-3H2,1H3;4-7H,1-3H2;3,5H,4H2,1-2H3;3H2,1-2H3;1H3;3*1H4/t7?,8-;7-;5-,6-,10?;4?,5-,6-,9?;4-,5?,7?;4-,5-,6+;5-;;;;;/m0101001...../s1. The number of aliphatic hydroxyl groups excluding tert-OH is 2. The normalized spacial score (nSPS) is 27.7. The van der Waals surface area contributed by atoms with Gasteiger partial charge in [-0.15, -0.1) is 0 Å². The Hall–Kier alpha value is -8.26. The lowest BCUT2D eigenvalue weighted by Crippen LogP contribution is -2.44. The van der Waals surface area contributed by atoms with Crippen molar-refractivity contribution in [3.63, 3.8) is 0 Å². The fourth-order valence-corrected chi connectivity index (χ4v) is 11.7. The topological polar surface area (TPSA) is 562 Å². The number of aldehydes is 1. The van der Waals surface area contributed by atoms with Crippen LogP contribution < -0.4 is 0 Å². The quantitative estimate of drug-likeness (QED) is 0.0254. The molecule has 0 aromatic carbocycles. The summed E-state index contributed by atoms with van der Waals surface area (Å²) in [7, 11) is 15.8. The molecule has 10 saturated heterocycles. The molecule has 0 spiro atoms. The molecule has 664 valence electrons. The van der Waals surface area contributed by atoms with Gasteiger partial charge in [-0.1, -0.05) is 22.3 Å². The highest BCUT2D eigenvalue weighted by Crippen LogP contribution is 2.40. The molecule has 2 N–H and O–H groups in total. The third-order valence-corrected chi connectivity index (χ3v) is 17.0. The number of ether oxygens (including phenoxy) is 25. The predicted molar refractivity (Wildman–Crippen MR) is 381 cm³/mol. The maximum absolute atomic E-state index is 11.8. The number of nitro groups is 2. The molecule has 0 aromatic heterocycles. The van der Waals surface area contributed by atoms with Gasteiger partial charge in [0.05, 0.1) is 165 Å². The third kappa shape index (κ3) is 34.8. The average molecular weight is 1670 g/mol. The van der Waals surface area contributed by atoms with Crippen LogP contribution in [-0.4, -0.2) is 329 Å². The van der Waals surface area contributed by atoms with Crippen LogP contribution in [0.5, 0.6) is 0 Å². The van der Waals surface area contributed by atoms with Crippen LogP contribution in [0.3, 0.4) is 0 Å². The first kappa shape index (κ1) is 109. The van der Waals surface area contributed by atoms with Crippen molar-refractivity contribution in [2.24, 2.45) is 47.3 Å². The molecule has 10 fully saturated rings. The van der Waals surface area contributed by atoms with Crippen LogP contribution in [-0.2, 0) is 176 Å². The lowest BCUT2D eigenvalue weighted by Gasteiger charge is -2.25. The average Bonchev–Trinajstić information content (AvgIpc) is 1.56. The van der Waals surface area contributed by atoms with Gasteiger partial charge in [0.25, 0.3) is 0 Å². The number of hydrogen-bond donors (Lipinski definition) is 2. The molecule has 10 heterocycles. The van der Waals surface area contributed by atoms with E-state index in [0.29, 0.717) is 26.2 Å². The molecule has 10 aliphatic rings. The molecule has 17 atom stereocenters. The minimum absolute atomic E-state index is 0. The Kier molecular flexibility index (Phi) is 50.3. The summed E-state index contributed by atoms with van der Waals surface area (Å²) >= 11 is 0. The summed E-state index contributed by atoms with van der Waals surface area (Å²) < 4.78 is 123. The maximum Gasteiger partial charge on any atom is 0.345 e. The first-order chi connectivity index (χ1) is 52.6. The van der Waals surface area contributed by atoms with Gasteiger partial charge >= 0.3 is 65.7 Å². The largest absolute Gasteiger partial charge is 0.469 e. The van der Waals surface area contributed by atoms with E-state index in [-0.39, 0.29) is 109 Å². The number of methoxy groups -OCH3 is 12. The van der Waals surface area contributed by atoms with Crippen molar-refractivity contribution in [1.82, 2.24) is 0 Å². The Labute approximate surface area is 665 Å². The monoisotopic (exact) mass is 1670 g/mol. The molecule has 0 bridgehead atoms. The summed E-state index contributed by atoms with van der Waals surface area (Å²) in [5.41, 5.74) is -0.193. The Balaban J connectivity index is 0. The number of nitrogens with zero attached hydrogens (tertiary/aromatic N) is 2. The number of carbonyl (C=O) groups is 12. The van der Waals surface area contributed by atoms with E-state index in [0.717, 1.165) is 54.8 Å². The Morgan fingerprint density at radius 1 is 0.539 bits per heavy atom. The Bertz CT molecular complexity index is 3050. The zero-order valence-corrected chi connectivity index (χ0v) is 65.6. The van der Waals surface area contributed by atoms with E-state index in [1.807, 2.05) is 0 Å². The number of carbonyl (C=O) groups excluding carboxylic acids is 12. The van der Waals surface area contributed by atoms with Crippen LogP contribution in [0.25, 0.3) is 0 Å². The van der Waals surface area contributed by atoms with Gasteiger partial charge in [-0.25, -0.2) is 9.59 Å². The molecule has 0 aromatic rings. The minimum Gasteiger partial charge on any atom is -0.469 e. The third-order valence-electron chi connectivity index (χ3n) is 17.0. The second-order valence-corrected chi connectivity index (χ2v) is 25.8. The second kappa shape index (κ2) is 53.1. The SMILES string of the molecule is C.C.C.CC1(C)OC[C@@H](C=O)O1.COC(=O)C(=C[C@@H]1COC(C)(C)O1)C(=O)OC.COC(=O)C(C(=O)OC)C(C[N+](=O)[O-])[C@@H]1COC(C)(C)O1.COC(=O)C(C(=O)OC)[C@H]1C(OC)OC[C@@H]1O.COC(=O)CC(=O)OC.COC(=O)[C@@H]1C(=O)OC2COC(OC)[C@H]21.COC1OCC2OC(=O)C[C@@H]21.C[N+](=O)[O-].O[C@H]1CO[C@H]2OCC[C@H]21. The van der Waals surface area contributed by atoms with Gasteiger partial charge in [0.1, 0.15) is 36.4 Å². The zero-order valence-electron chi connectivity index (χ0n) is 65.6. The van der Waals surface area contributed by atoms with E-state index in [2.05, 4.69) is 42.6 Å². The number of fused-ring (bicyclic) bond motifs is 3. The van der Waals surface area contributed by atoms with E-state index < -0.39 is 166 Å². The van der Waals surface area contributed by atoms with Gasteiger partial charge in [-0.3, -0.25) is 63.4 Å². The van der Waals surface area contributed by atoms with Crippen LogP contribution in [0, 0.1) is 67.6 Å². The van der Waals surface area contributed by atoms with Gasteiger partial charge in [-0.05, 0) is 54.0 Å². The molecule has 0 amide bonds. The van der Waals surface area contributed by atoms with E-state index in [1.165, 1.54) is 55.8 Å². The van der Waals surface area contributed by atoms with Crippen LogP contribution in [0.4, 0.5) is 0 Å². The molecule has 10 aliphatic heterocycles. The van der Waals surface area contributed by atoms with Gasteiger partial charge in [-0.2, -0.15) is 0 Å². The summed E-state index contributed by atoms with van der Waals surface area (Å²) in [5.74, 6) is -15.1. The molecule has 0 saturated carbocycles. The molecular weight excluding hydrogens is 1560 g/mol. The van der Waals surface area contributed by atoms with Crippen LogP contribution in [0.2, 0.25) is 0 Å². The summed E-state index contributed by atoms with van der Waals surface area (Å²) in [6.45, 7) is 12.3. The fraction of sp³-hybridized carbons (Fsp3) is 0.800. The summed E-state index contributed by atoms with van der Waals surface area (Å²) in [4.78, 5) is 152. The van der Waals surface area contributed by atoms with Crippen molar-refractivity contribution in [3.05, 3.63) is 31.9 Å². The molecular formula is C70H116N2O43. The number of aliphatic hydroxyl groups is 2. The highest BCUT2D eigenvalue weighted by Gasteiger charge is 2.58. The molecule has 45 heteroatoms. The highest BCUT2D eigenvalue weighted by atomic mass is 16.8. The van der Waals surface area contributed by atoms with E-state index >= 15 is 0 Å². The van der Waals surface area contributed by atoms with E-state index in [9.17, 15) is 77.9 Å². The Morgan fingerprint density at radius 3 is 1.41 bits per heavy atom. The maximum atomic E-state index is 11.8. The van der Waals surface area contributed by atoms with E-state index in [4.69, 9.17) is 85.9 Å². The molecule has 0 radical (unpaired) electrons. The zero-order chi connectivity index (χ0) is 85.1.